The highest BCUT2D eigenvalue weighted by atomic mass is 16.2. The Hall–Kier alpha value is -2.29. The summed E-state index contributed by atoms with van der Waals surface area (Å²) >= 11 is 0. The summed E-state index contributed by atoms with van der Waals surface area (Å²) in [4.78, 5) is 14.1. The quantitative estimate of drug-likeness (QED) is 0.872. The van der Waals surface area contributed by atoms with Gasteiger partial charge in [-0.05, 0) is 38.1 Å². The van der Waals surface area contributed by atoms with E-state index in [1.54, 1.807) is 0 Å². The predicted molar refractivity (Wildman–Crippen MR) is 88.8 cm³/mol. The Kier molecular flexibility index (Phi) is 5.38. The number of nitrogens with zero attached hydrogens (tertiary/aromatic N) is 1. The summed E-state index contributed by atoms with van der Waals surface area (Å²) in [6, 6.07) is 18.0. The van der Waals surface area contributed by atoms with Crippen LogP contribution in [0.15, 0.2) is 54.6 Å². The van der Waals surface area contributed by atoms with Crippen molar-refractivity contribution in [2.75, 3.05) is 23.3 Å². The number of anilines is 2. The first-order valence-electron chi connectivity index (χ1n) is 7.36. The lowest BCUT2D eigenvalue weighted by Gasteiger charge is -2.21. The molecule has 2 aromatic carbocycles. The van der Waals surface area contributed by atoms with E-state index in [4.69, 9.17) is 0 Å². The van der Waals surface area contributed by atoms with Crippen molar-refractivity contribution in [3.8, 4) is 0 Å². The van der Waals surface area contributed by atoms with Gasteiger partial charge >= 0.3 is 0 Å². The minimum absolute atomic E-state index is 0.142. The van der Waals surface area contributed by atoms with Crippen molar-refractivity contribution in [1.82, 2.24) is 0 Å². The summed E-state index contributed by atoms with van der Waals surface area (Å²) in [6.45, 7) is 5.39. The first kappa shape index (κ1) is 15.1. The maximum Gasteiger partial charge on any atom is 0.228 e. The van der Waals surface area contributed by atoms with Crippen LogP contribution in [0.2, 0.25) is 0 Å². The van der Waals surface area contributed by atoms with E-state index < -0.39 is 0 Å². The van der Waals surface area contributed by atoms with Crippen LogP contribution in [0.5, 0.6) is 0 Å². The predicted octanol–water partition coefficient (Wildman–Crippen LogP) is 3.85. The number of benzene rings is 2. The van der Waals surface area contributed by atoms with Crippen molar-refractivity contribution < 1.29 is 4.79 Å². The second-order valence-electron chi connectivity index (χ2n) is 5.02. The zero-order valence-electron chi connectivity index (χ0n) is 12.7. The van der Waals surface area contributed by atoms with Gasteiger partial charge in [-0.3, -0.25) is 4.79 Å². The number of nitrogens with one attached hydrogen (secondary N) is 1. The number of rotatable bonds is 6. The molecular weight excluding hydrogens is 260 g/mol. The average Bonchev–Trinajstić information content (AvgIpc) is 2.51. The maximum absolute atomic E-state index is 12.3. The molecule has 0 spiro atoms. The summed E-state index contributed by atoms with van der Waals surface area (Å²) in [5, 5.41) is 3.29. The summed E-state index contributed by atoms with van der Waals surface area (Å²) < 4.78 is 0. The number of carbonyl (C=O) groups excluding carboxylic acids is 1. The smallest absolute Gasteiger partial charge is 0.228 e. The second kappa shape index (κ2) is 7.48. The molecule has 0 bridgehead atoms. The summed E-state index contributed by atoms with van der Waals surface area (Å²) in [5.74, 6) is 0.142. The van der Waals surface area contributed by atoms with Gasteiger partial charge < -0.3 is 10.2 Å². The van der Waals surface area contributed by atoms with Gasteiger partial charge in [0.05, 0.1) is 0 Å². The SMILES string of the molecule is CCN(C(=O)CCNc1ccc(C)cc1)c1ccccc1. The molecule has 0 aliphatic rings. The fraction of sp³-hybridized carbons (Fsp3) is 0.278. The minimum atomic E-state index is 0.142. The summed E-state index contributed by atoms with van der Waals surface area (Å²) in [7, 11) is 0. The molecule has 3 heteroatoms. The van der Waals surface area contributed by atoms with Gasteiger partial charge in [-0.15, -0.1) is 0 Å². The van der Waals surface area contributed by atoms with Gasteiger partial charge in [0.1, 0.15) is 0 Å². The first-order chi connectivity index (χ1) is 10.2. The minimum Gasteiger partial charge on any atom is -0.385 e. The average molecular weight is 282 g/mol. The topological polar surface area (TPSA) is 32.3 Å². The molecule has 1 N–H and O–H groups in total. The molecule has 3 nitrogen and oxygen atoms in total. The van der Waals surface area contributed by atoms with E-state index in [9.17, 15) is 4.79 Å². The third-order valence-corrected chi connectivity index (χ3v) is 3.40. The molecule has 2 aromatic rings. The molecule has 0 unspecified atom stereocenters. The van der Waals surface area contributed by atoms with E-state index in [0.717, 1.165) is 11.4 Å². The Morgan fingerprint density at radius 3 is 2.33 bits per heavy atom. The number of hydrogen-bond acceptors (Lipinski definition) is 2. The van der Waals surface area contributed by atoms with Crippen molar-refractivity contribution in [1.29, 1.82) is 0 Å². The molecular formula is C18H22N2O. The molecule has 1 amide bonds. The zero-order chi connectivity index (χ0) is 15.1. The van der Waals surface area contributed by atoms with Crippen LogP contribution in [0.3, 0.4) is 0 Å². The van der Waals surface area contributed by atoms with Crippen LogP contribution in [0.25, 0.3) is 0 Å². The van der Waals surface area contributed by atoms with E-state index in [-0.39, 0.29) is 5.91 Å². The highest BCUT2D eigenvalue weighted by molar-refractivity contribution is 5.93. The Morgan fingerprint density at radius 2 is 1.71 bits per heavy atom. The monoisotopic (exact) mass is 282 g/mol. The first-order valence-corrected chi connectivity index (χ1v) is 7.36. The normalized spacial score (nSPS) is 10.2. The maximum atomic E-state index is 12.3. The fourth-order valence-corrected chi connectivity index (χ4v) is 2.23. The van der Waals surface area contributed by atoms with Crippen molar-refractivity contribution in [3.63, 3.8) is 0 Å². The lowest BCUT2D eigenvalue weighted by Crippen LogP contribution is -2.31. The van der Waals surface area contributed by atoms with Crippen LogP contribution in [-0.4, -0.2) is 19.0 Å². The molecule has 0 saturated heterocycles. The highest BCUT2D eigenvalue weighted by Gasteiger charge is 2.12. The molecule has 0 radical (unpaired) electrons. The molecule has 0 atom stereocenters. The van der Waals surface area contributed by atoms with Crippen molar-refractivity contribution in [3.05, 3.63) is 60.2 Å². The number of para-hydroxylation sites is 1. The van der Waals surface area contributed by atoms with Gasteiger partial charge in [-0.1, -0.05) is 35.9 Å². The van der Waals surface area contributed by atoms with Gasteiger partial charge in [-0.2, -0.15) is 0 Å². The third-order valence-electron chi connectivity index (χ3n) is 3.40. The molecule has 110 valence electrons. The van der Waals surface area contributed by atoms with Gasteiger partial charge in [-0.25, -0.2) is 0 Å². The fourth-order valence-electron chi connectivity index (χ4n) is 2.23. The largest absolute Gasteiger partial charge is 0.385 e. The van der Waals surface area contributed by atoms with Gasteiger partial charge in [0.2, 0.25) is 5.91 Å². The highest BCUT2D eigenvalue weighted by Crippen LogP contribution is 2.14. The number of amides is 1. The van der Waals surface area contributed by atoms with Gasteiger partial charge in [0, 0.05) is 30.9 Å². The van der Waals surface area contributed by atoms with Gasteiger partial charge in [0.15, 0.2) is 0 Å². The van der Waals surface area contributed by atoms with Crippen molar-refractivity contribution >= 4 is 17.3 Å². The van der Waals surface area contributed by atoms with Crippen molar-refractivity contribution in [2.45, 2.75) is 20.3 Å². The lowest BCUT2D eigenvalue weighted by atomic mass is 10.2. The number of carbonyl (C=O) groups is 1. The molecule has 0 aromatic heterocycles. The molecule has 0 aliphatic carbocycles. The van der Waals surface area contributed by atoms with Crippen molar-refractivity contribution in [2.24, 2.45) is 0 Å². The van der Waals surface area contributed by atoms with E-state index in [2.05, 4.69) is 24.4 Å². The van der Waals surface area contributed by atoms with E-state index >= 15 is 0 Å². The molecule has 21 heavy (non-hydrogen) atoms. The molecule has 0 fully saturated rings. The molecule has 0 saturated carbocycles. The van der Waals surface area contributed by atoms with Crippen LogP contribution in [0.1, 0.15) is 18.9 Å². The zero-order valence-corrected chi connectivity index (χ0v) is 12.7. The van der Waals surface area contributed by atoms with E-state index in [1.807, 2.05) is 54.3 Å². The lowest BCUT2D eigenvalue weighted by molar-refractivity contribution is -0.118. The number of hydrogen-bond donors (Lipinski definition) is 1. The van der Waals surface area contributed by atoms with Crippen LogP contribution in [0, 0.1) is 6.92 Å². The third kappa shape index (κ3) is 4.35. The summed E-state index contributed by atoms with van der Waals surface area (Å²) in [5.41, 5.74) is 3.24. The molecule has 0 heterocycles. The summed E-state index contributed by atoms with van der Waals surface area (Å²) in [6.07, 6.45) is 0.483. The van der Waals surface area contributed by atoms with E-state index in [0.29, 0.717) is 19.5 Å². The Morgan fingerprint density at radius 1 is 1.05 bits per heavy atom. The standard InChI is InChI=1S/C18H22N2O/c1-3-20(17-7-5-4-6-8-17)18(21)13-14-19-16-11-9-15(2)10-12-16/h4-12,19H,3,13-14H2,1-2H3. The van der Waals surface area contributed by atoms with Crippen LogP contribution >= 0.6 is 0 Å². The molecule has 0 aliphatic heterocycles. The van der Waals surface area contributed by atoms with E-state index in [1.165, 1.54) is 5.56 Å². The number of aryl methyl sites for hydroxylation is 1. The van der Waals surface area contributed by atoms with Gasteiger partial charge in [0.25, 0.3) is 0 Å². The van der Waals surface area contributed by atoms with Crippen LogP contribution in [0.4, 0.5) is 11.4 Å². The Bertz CT molecular complexity index is 564. The Balaban J connectivity index is 1.87. The van der Waals surface area contributed by atoms with Crippen LogP contribution in [-0.2, 0) is 4.79 Å². The Labute approximate surface area is 126 Å². The molecule has 2 rings (SSSR count). The van der Waals surface area contributed by atoms with Crippen LogP contribution < -0.4 is 10.2 Å². The second-order valence-corrected chi connectivity index (χ2v) is 5.02.